The van der Waals surface area contributed by atoms with Crippen LogP contribution in [-0.4, -0.2) is 35.2 Å². The van der Waals surface area contributed by atoms with Gasteiger partial charge in [-0.15, -0.1) is 0 Å². The number of nitrogens with zero attached hydrogens (tertiary/aromatic N) is 1. The summed E-state index contributed by atoms with van der Waals surface area (Å²) < 4.78 is 0. The van der Waals surface area contributed by atoms with Gasteiger partial charge in [-0.1, -0.05) is 30.7 Å². The molecule has 0 spiro atoms. The molecule has 0 amide bonds. The fraction of sp³-hybridized carbons (Fsp3) is 0.571. The Balaban J connectivity index is 2.93. The van der Waals surface area contributed by atoms with E-state index in [-0.39, 0.29) is 6.04 Å². The molecule has 0 saturated carbocycles. The predicted molar refractivity (Wildman–Crippen MR) is 76.8 cm³/mol. The largest absolute Gasteiger partial charge is 0.389 e. The van der Waals surface area contributed by atoms with E-state index in [1.807, 2.05) is 24.3 Å². The molecule has 3 N–H and O–H groups in total. The molecule has 1 rings (SSSR count). The molecule has 0 fully saturated rings. The number of rotatable bonds is 6. The van der Waals surface area contributed by atoms with Gasteiger partial charge in [-0.2, -0.15) is 0 Å². The summed E-state index contributed by atoms with van der Waals surface area (Å²) in [6, 6.07) is 7.83. The monoisotopic (exact) mass is 270 g/mol. The third-order valence-corrected chi connectivity index (χ3v) is 3.13. The predicted octanol–water partition coefficient (Wildman–Crippen LogP) is 2.43. The van der Waals surface area contributed by atoms with Crippen LogP contribution in [0.1, 0.15) is 32.4 Å². The molecule has 1 aromatic rings. The van der Waals surface area contributed by atoms with Crippen LogP contribution in [0.5, 0.6) is 0 Å². The zero-order valence-corrected chi connectivity index (χ0v) is 12.1. The van der Waals surface area contributed by atoms with E-state index in [1.165, 1.54) is 0 Å². The van der Waals surface area contributed by atoms with Gasteiger partial charge in [-0.3, -0.25) is 4.90 Å². The number of likely N-dealkylation sites (N-methyl/N-ethyl adjacent to an activating group) is 1. The average Bonchev–Trinajstić information content (AvgIpc) is 2.27. The van der Waals surface area contributed by atoms with Gasteiger partial charge in [0.2, 0.25) is 0 Å². The van der Waals surface area contributed by atoms with Gasteiger partial charge in [0.1, 0.15) is 0 Å². The molecule has 1 aromatic carbocycles. The highest BCUT2D eigenvalue weighted by Gasteiger charge is 2.24. The van der Waals surface area contributed by atoms with Crippen LogP contribution >= 0.6 is 11.6 Å². The summed E-state index contributed by atoms with van der Waals surface area (Å²) >= 11 is 6.02. The smallest absolute Gasteiger partial charge is 0.0718 e. The van der Waals surface area contributed by atoms with Gasteiger partial charge < -0.3 is 10.8 Å². The quantitative estimate of drug-likeness (QED) is 0.835. The van der Waals surface area contributed by atoms with E-state index in [0.717, 1.165) is 12.1 Å². The summed E-state index contributed by atoms with van der Waals surface area (Å²) in [4.78, 5) is 2.17. The van der Waals surface area contributed by atoms with Crippen LogP contribution in [0.25, 0.3) is 0 Å². The lowest BCUT2D eigenvalue weighted by Gasteiger charge is -2.34. The maximum absolute atomic E-state index is 9.96. The van der Waals surface area contributed by atoms with Gasteiger partial charge in [-0.25, -0.2) is 0 Å². The fourth-order valence-corrected chi connectivity index (χ4v) is 2.35. The van der Waals surface area contributed by atoms with Crippen LogP contribution in [0.2, 0.25) is 5.02 Å². The van der Waals surface area contributed by atoms with Crippen molar-refractivity contribution in [3.8, 4) is 0 Å². The lowest BCUT2D eigenvalue weighted by atomic mass is 10.0. The van der Waals surface area contributed by atoms with E-state index in [0.29, 0.717) is 18.1 Å². The summed E-state index contributed by atoms with van der Waals surface area (Å²) in [5.74, 6) is 0. The van der Waals surface area contributed by atoms with Crippen molar-refractivity contribution < 1.29 is 5.11 Å². The van der Waals surface area contributed by atoms with Crippen LogP contribution in [0, 0.1) is 0 Å². The molecule has 0 aromatic heterocycles. The van der Waals surface area contributed by atoms with Crippen molar-refractivity contribution >= 4 is 11.6 Å². The minimum Gasteiger partial charge on any atom is -0.389 e. The topological polar surface area (TPSA) is 49.5 Å². The highest BCUT2D eigenvalue weighted by Crippen LogP contribution is 2.24. The molecule has 1 atom stereocenters. The molecule has 0 aliphatic heterocycles. The first-order chi connectivity index (χ1) is 8.37. The Hall–Kier alpha value is -0.610. The van der Waals surface area contributed by atoms with E-state index in [2.05, 4.69) is 11.8 Å². The number of halogens is 1. The molecular formula is C14H23ClN2O. The Kier molecular flexibility index (Phi) is 5.60. The van der Waals surface area contributed by atoms with Gasteiger partial charge in [0, 0.05) is 24.2 Å². The van der Waals surface area contributed by atoms with Crippen LogP contribution in [0.3, 0.4) is 0 Å². The summed E-state index contributed by atoms with van der Waals surface area (Å²) in [6.07, 6.45) is 0. The molecule has 0 radical (unpaired) electrons. The van der Waals surface area contributed by atoms with Crippen LogP contribution in [0.15, 0.2) is 24.3 Å². The van der Waals surface area contributed by atoms with Gasteiger partial charge in [0.05, 0.1) is 5.60 Å². The van der Waals surface area contributed by atoms with Gasteiger partial charge in [-0.05, 0) is 38.1 Å². The molecule has 1 unspecified atom stereocenters. The number of aliphatic hydroxyl groups is 1. The first-order valence-corrected chi connectivity index (χ1v) is 6.67. The molecule has 3 nitrogen and oxygen atoms in total. The van der Waals surface area contributed by atoms with Crippen LogP contribution in [0.4, 0.5) is 0 Å². The molecule has 0 aliphatic rings. The molecule has 18 heavy (non-hydrogen) atoms. The second-order valence-corrected chi connectivity index (χ2v) is 5.62. The van der Waals surface area contributed by atoms with Gasteiger partial charge >= 0.3 is 0 Å². The lowest BCUT2D eigenvalue weighted by molar-refractivity contribution is 0.0235. The van der Waals surface area contributed by atoms with Crippen molar-refractivity contribution in [2.45, 2.75) is 32.4 Å². The maximum atomic E-state index is 9.96. The molecule has 0 heterocycles. The molecule has 0 saturated heterocycles. The number of hydrogen-bond donors (Lipinski definition) is 2. The summed E-state index contributed by atoms with van der Waals surface area (Å²) in [5, 5.41) is 10.7. The van der Waals surface area contributed by atoms with Crippen molar-refractivity contribution in [1.29, 1.82) is 0 Å². The Morgan fingerprint density at radius 2 is 2.11 bits per heavy atom. The van der Waals surface area contributed by atoms with E-state index in [4.69, 9.17) is 17.3 Å². The third-order valence-electron chi connectivity index (χ3n) is 2.89. The minimum atomic E-state index is -0.734. The van der Waals surface area contributed by atoms with Crippen molar-refractivity contribution in [2.24, 2.45) is 5.73 Å². The Morgan fingerprint density at radius 3 is 2.56 bits per heavy atom. The molecule has 4 heteroatoms. The van der Waals surface area contributed by atoms with Crippen molar-refractivity contribution in [2.75, 3.05) is 19.6 Å². The fourth-order valence-electron chi connectivity index (χ4n) is 2.15. The zero-order valence-electron chi connectivity index (χ0n) is 11.4. The highest BCUT2D eigenvalue weighted by molar-refractivity contribution is 6.30. The first-order valence-electron chi connectivity index (χ1n) is 6.29. The Labute approximate surface area is 115 Å². The average molecular weight is 271 g/mol. The second-order valence-electron chi connectivity index (χ2n) is 5.18. The van der Waals surface area contributed by atoms with E-state index in [1.54, 1.807) is 13.8 Å². The second kappa shape index (κ2) is 6.53. The van der Waals surface area contributed by atoms with E-state index >= 15 is 0 Å². The Morgan fingerprint density at radius 1 is 1.44 bits per heavy atom. The first kappa shape index (κ1) is 15.4. The number of nitrogens with two attached hydrogens (primary N) is 1. The molecule has 0 aliphatic carbocycles. The minimum absolute atomic E-state index is 0.0834. The van der Waals surface area contributed by atoms with Gasteiger partial charge in [0.15, 0.2) is 0 Å². The van der Waals surface area contributed by atoms with E-state index in [9.17, 15) is 5.11 Å². The number of hydrogen-bond acceptors (Lipinski definition) is 3. The summed E-state index contributed by atoms with van der Waals surface area (Å²) in [7, 11) is 0. The lowest BCUT2D eigenvalue weighted by Crippen LogP contribution is -2.42. The summed E-state index contributed by atoms with van der Waals surface area (Å²) in [5.41, 5.74) is 6.24. The van der Waals surface area contributed by atoms with Crippen molar-refractivity contribution in [3.05, 3.63) is 34.9 Å². The third kappa shape index (κ3) is 4.58. The van der Waals surface area contributed by atoms with E-state index < -0.39 is 5.60 Å². The molecular weight excluding hydrogens is 248 g/mol. The Bertz CT molecular complexity index is 376. The maximum Gasteiger partial charge on any atom is 0.0718 e. The normalized spacial score (nSPS) is 13.9. The SMILES string of the molecule is CCN(CC(C)(C)O)C(CN)c1cccc(Cl)c1. The van der Waals surface area contributed by atoms with Crippen molar-refractivity contribution in [1.82, 2.24) is 4.90 Å². The zero-order chi connectivity index (χ0) is 13.8. The molecule has 0 bridgehead atoms. The van der Waals surface area contributed by atoms with Crippen LogP contribution in [-0.2, 0) is 0 Å². The highest BCUT2D eigenvalue weighted by atomic mass is 35.5. The van der Waals surface area contributed by atoms with Crippen molar-refractivity contribution in [3.63, 3.8) is 0 Å². The summed E-state index contributed by atoms with van der Waals surface area (Å²) in [6.45, 7) is 7.60. The number of benzene rings is 1. The standard InChI is InChI=1S/C14H23ClN2O/c1-4-17(10-14(2,3)18)13(9-16)11-6-5-7-12(15)8-11/h5-8,13,18H,4,9-10,16H2,1-3H3. The van der Waals surface area contributed by atoms with Crippen LogP contribution < -0.4 is 5.73 Å². The molecule has 102 valence electrons. The van der Waals surface area contributed by atoms with Gasteiger partial charge in [0.25, 0.3) is 0 Å².